The number of halogens is 1. The van der Waals surface area contributed by atoms with Gasteiger partial charge in [0.25, 0.3) is 0 Å². The van der Waals surface area contributed by atoms with Crippen molar-refractivity contribution in [2.24, 2.45) is 0 Å². The zero-order valence-corrected chi connectivity index (χ0v) is 8.09. The number of carbonyl (C=O) groups excluding carboxylic acids is 1. The third kappa shape index (κ3) is 3.69. The lowest BCUT2D eigenvalue weighted by molar-refractivity contribution is 0.0955. The van der Waals surface area contributed by atoms with Crippen molar-refractivity contribution in [1.82, 2.24) is 0 Å². The maximum absolute atomic E-state index is 12.0. The smallest absolute Gasteiger partial charge is 0.302 e. The Balaban J connectivity index is 2.37. The molecule has 6 heteroatoms. The lowest BCUT2D eigenvalue weighted by Gasteiger charge is -1.95. The van der Waals surface area contributed by atoms with Crippen molar-refractivity contribution in [1.29, 1.82) is 0 Å². The Morgan fingerprint density at radius 3 is 2.71 bits per heavy atom. The molecule has 0 bridgehead atoms. The summed E-state index contributed by atoms with van der Waals surface area (Å²) in [6, 6.07) is 3.03. The molecule has 0 spiro atoms. The topological polar surface area (TPSA) is 64.3 Å². The van der Waals surface area contributed by atoms with E-state index in [-0.39, 0.29) is 24.4 Å². The molecule has 0 atom stereocenters. The Hall–Kier alpha value is -1.17. The molecule has 1 rings (SSSR count). The minimum absolute atomic E-state index is 0.0294. The minimum Gasteiger partial charge on any atom is -0.461 e. The lowest BCUT2D eigenvalue weighted by Crippen LogP contribution is -2.03. The van der Waals surface area contributed by atoms with Crippen LogP contribution in [-0.4, -0.2) is 20.0 Å². The van der Waals surface area contributed by atoms with Crippen LogP contribution in [0.5, 0.6) is 0 Å². The number of hydrogen-bond donors (Lipinski definition) is 0. The summed E-state index contributed by atoms with van der Waals surface area (Å²) in [5.41, 5.74) is 0. The molecule has 0 unspecified atom stereocenters. The molecule has 0 aliphatic carbocycles. The third-order valence-electron chi connectivity index (χ3n) is 1.59. The third-order valence-corrected chi connectivity index (χ3v) is 2.36. The van der Waals surface area contributed by atoms with Crippen molar-refractivity contribution >= 4 is 16.0 Å². The molecule has 1 aromatic heterocycles. The largest absolute Gasteiger partial charge is 0.461 e. The quantitative estimate of drug-likeness (QED) is 0.557. The van der Waals surface area contributed by atoms with Crippen molar-refractivity contribution in [3.8, 4) is 0 Å². The number of hydrogen-bond acceptors (Lipinski definition) is 4. The van der Waals surface area contributed by atoms with Gasteiger partial charge in [0.05, 0.1) is 12.0 Å². The van der Waals surface area contributed by atoms with Gasteiger partial charge >= 0.3 is 10.2 Å². The highest BCUT2D eigenvalue weighted by Gasteiger charge is 2.12. The number of carbonyl (C=O) groups is 1. The van der Waals surface area contributed by atoms with Crippen LogP contribution < -0.4 is 0 Å². The highest BCUT2D eigenvalue weighted by atomic mass is 32.3. The summed E-state index contributed by atoms with van der Waals surface area (Å²) < 4.78 is 37.0. The number of furan rings is 1. The second-order valence-corrected chi connectivity index (χ2v) is 4.23. The second kappa shape index (κ2) is 4.36. The molecule has 0 amide bonds. The molecule has 1 aromatic rings. The van der Waals surface area contributed by atoms with Crippen LogP contribution in [0.2, 0.25) is 0 Å². The van der Waals surface area contributed by atoms with Gasteiger partial charge in [0, 0.05) is 6.42 Å². The molecule has 0 saturated heterocycles. The van der Waals surface area contributed by atoms with Crippen LogP contribution in [0.1, 0.15) is 23.4 Å². The van der Waals surface area contributed by atoms with E-state index in [2.05, 4.69) is 0 Å². The van der Waals surface area contributed by atoms with Gasteiger partial charge in [0.15, 0.2) is 11.5 Å². The Morgan fingerprint density at radius 2 is 2.21 bits per heavy atom. The van der Waals surface area contributed by atoms with Gasteiger partial charge in [-0.15, -0.1) is 3.89 Å². The highest BCUT2D eigenvalue weighted by molar-refractivity contribution is 7.86. The molecule has 0 aliphatic rings. The second-order valence-electron chi connectivity index (χ2n) is 2.75. The van der Waals surface area contributed by atoms with Gasteiger partial charge in [-0.1, -0.05) is 0 Å². The van der Waals surface area contributed by atoms with Crippen LogP contribution in [0.25, 0.3) is 0 Å². The van der Waals surface area contributed by atoms with Gasteiger partial charge < -0.3 is 4.42 Å². The first-order valence-corrected chi connectivity index (χ1v) is 5.53. The minimum atomic E-state index is -4.47. The Kier molecular flexibility index (Phi) is 3.40. The van der Waals surface area contributed by atoms with Crippen LogP contribution in [-0.2, 0) is 10.2 Å². The van der Waals surface area contributed by atoms with E-state index in [4.69, 9.17) is 4.42 Å². The van der Waals surface area contributed by atoms with E-state index in [9.17, 15) is 17.1 Å². The van der Waals surface area contributed by atoms with Crippen LogP contribution in [0, 0.1) is 0 Å². The molecular weight excluding hydrogens is 211 g/mol. The number of ketones is 1. The Morgan fingerprint density at radius 1 is 1.50 bits per heavy atom. The normalized spacial score (nSPS) is 11.5. The van der Waals surface area contributed by atoms with Gasteiger partial charge in [0.1, 0.15) is 0 Å². The van der Waals surface area contributed by atoms with Gasteiger partial charge in [-0.25, -0.2) is 0 Å². The summed E-state index contributed by atoms with van der Waals surface area (Å²) in [7, 11) is -4.47. The lowest BCUT2D eigenvalue weighted by atomic mass is 10.2. The van der Waals surface area contributed by atoms with E-state index in [0.717, 1.165) is 0 Å². The van der Waals surface area contributed by atoms with Crippen molar-refractivity contribution in [3.05, 3.63) is 24.2 Å². The van der Waals surface area contributed by atoms with Crippen molar-refractivity contribution in [2.45, 2.75) is 12.8 Å². The zero-order chi connectivity index (χ0) is 10.6. The Labute approximate surface area is 80.9 Å². The summed E-state index contributed by atoms with van der Waals surface area (Å²) in [6.45, 7) is 0. The van der Waals surface area contributed by atoms with E-state index in [1.54, 1.807) is 6.07 Å². The summed E-state index contributed by atoms with van der Waals surface area (Å²) in [6.07, 6.45) is 1.29. The molecule has 78 valence electrons. The maximum Gasteiger partial charge on any atom is 0.302 e. The average Bonchev–Trinajstić information content (AvgIpc) is 2.53. The van der Waals surface area contributed by atoms with Crippen LogP contribution in [0.15, 0.2) is 22.8 Å². The van der Waals surface area contributed by atoms with Gasteiger partial charge in [-0.3, -0.25) is 4.79 Å². The fraction of sp³-hybridized carbons (Fsp3) is 0.375. The molecule has 0 fully saturated rings. The van der Waals surface area contributed by atoms with E-state index in [1.807, 2.05) is 0 Å². The summed E-state index contributed by atoms with van der Waals surface area (Å²) in [5.74, 6) is -0.778. The first-order valence-electron chi connectivity index (χ1n) is 3.98. The van der Waals surface area contributed by atoms with Gasteiger partial charge in [-0.2, -0.15) is 8.42 Å². The van der Waals surface area contributed by atoms with E-state index < -0.39 is 16.0 Å². The standard InChI is InChI=1S/C8H9FO4S/c9-14(11,12)6-2-3-7(10)8-4-1-5-13-8/h1,4-5H,2-3,6H2. The molecular formula is C8H9FO4S. The summed E-state index contributed by atoms with van der Waals surface area (Å²) >= 11 is 0. The average molecular weight is 220 g/mol. The fourth-order valence-corrected chi connectivity index (χ4v) is 1.45. The molecule has 0 radical (unpaired) electrons. The molecule has 0 aliphatic heterocycles. The van der Waals surface area contributed by atoms with E-state index >= 15 is 0 Å². The van der Waals surface area contributed by atoms with Crippen molar-refractivity contribution in [3.63, 3.8) is 0 Å². The molecule has 4 nitrogen and oxygen atoms in total. The van der Waals surface area contributed by atoms with Gasteiger partial charge in [0.2, 0.25) is 0 Å². The highest BCUT2D eigenvalue weighted by Crippen LogP contribution is 2.07. The number of Topliss-reactive ketones (excluding diaryl/α,β-unsaturated/α-hetero) is 1. The first-order chi connectivity index (χ1) is 6.49. The van der Waals surface area contributed by atoms with Crippen molar-refractivity contribution in [2.75, 3.05) is 5.75 Å². The molecule has 0 aromatic carbocycles. The monoisotopic (exact) mass is 220 g/mol. The van der Waals surface area contributed by atoms with E-state index in [1.165, 1.54) is 12.3 Å². The molecule has 0 N–H and O–H groups in total. The van der Waals surface area contributed by atoms with Crippen molar-refractivity contribution < 1.29 is 21.5 Å². The molecule has 0 saturated carbocycles. The molecule has 14 heavy (non-hydrogen) atoms. The predicted molar refractivity (Wildman–Crippen MR) is 47.2 cm³/mol. The van der Waals surface area contributed by atoms with Crippen LogP contribution in [0.4, 0.5) is 3.89 Å². The number of rotatable bonds is 5. The van der Waals surface area contributed by atoms with Gasteiger partial charge in [-0.05, 0) is 18.6 Å². The summed E-state index contributed by atoms with van der Waals surface area (Å²) in [5, 5.41) is 0. The van der Waals surface area contributed by atoms with E-state index in [0.29, 0.717) is 0 Å². The van der Waals surface area contributed by atoms with Crippen LogP contribution in [0.3, 0.4) is 0 Å². The Bertz CT molecular complexity index is 393. The summed E-state index contributed by atoms with van der Waals surface area (Å²) in [4.78, 5) is 11.2. The SMILES string of the molecule is O=C(CCCS(=O)(=O)F)c1ccco1. The fourth-order valence-electron chi connectivity index (χ4n) is 0.966. The van der Waals surface area contributed by atoms with Crippen LogP contribution >= 0.6 is 0 Å². The zero-order valence-electron chi connectivity index (χ0n) is 7.27. The maximum atomic E-state index is 12.0. The first kappa shape index (κ1) is 10.9. The molecule has 1 heterocycles. The predicted octanol–water partition coefficient (Wildman–Crippen LogP) is 1.54.